The molecule has 0 aliphatic carbocycles. The van der Waals surface area contributed by atoms with Crippen LogP contribution in [0.3, 0.4) is 0 Å². The van der Waals surface area contributed by atoms with E-state index in [1.165, 1.54) is 0 Å². The lowest BCUT2D eigenvalue weighted by molar-refractivity contribution is -0.128. The van der Waals surface area contributed by atoms with Crippen LogP contribution in [0.2, 0.25) is 0 Å². The third-order valence-corrected chi connectivity index (χ3v) is 2.47. The maximum absolute atomic E-state index is 12.2. The van der Waals surface area contributed by atoms with Crippen molar-refractivity contribution in [1.29, 1.82) is 0 Å². The number of hydrogen-bond acceptors (Lipinski definition) is 1. The topological polar surface area (TPSA) is 29.1 Å². The molecule has 0 spiro atoms. The van der Waals surface area contributed by atoms with Gasteiger partial charge in [-0.25, -0.2) is 0 Å². The Morgan fingerprint density at radius 3 is 1.75 bits per heavy atom. The molecule has 0 aromatic rings. The molecule has 0 radical (unpaired) electrons. The van der Waals surface area contributed by atoms with Gasteiger partial charge in [0.05, 0.1) is 0 Å². The lowest BCUT2D eigenvalue weighted by atomic mass is 9.79. The van der Waals surface area contributed by atoms with Crippen molar-refractivity contribution < 1.29 is 4.79 Å². The fourth-order valence-electron chi connectivity index (χ4n) is 1.75. The van der Waals surface area contributed by atoms with Gasteiger partial charge in [0.25, 0.3) is 0 Å². The van der Waals surface area contributed by atoms with Crippen molar-refractivity contribution in [2.45, 2.75) is 67.3 Å². The highest BCUT2D eigenvalue weighted by Crippen LogP contribution is 2.29. The normalized spacial score (nSPS) is 15.1. The third kappa shape index (κ3) is 6.86. The molecule has 0 fully saturated rings. The highest BCUT2D eigenvalue weighted by atomic mass is 16.2. The summed E-state index contributed by atoms with van der Waals surface area (Å²) in [5, 5.41) is 3.08. The molecule has 1 amide bonds. The van der Waals surface area contributed by atoms with E-state index in [2.05, 4.69) is 39.9 Å². The van der Waals surface area contributed by atoms with E-state index in [0.717, 1.165) is 6.42 Å². The molecule has 0 saturated carbocycles. The van der Waals surface area contributed by atoms with Crippen LogP contribution in [0.4, 0.5) is 0 Å². The molecule has 0 aromatic carbocycles. The first kappa shape index (κ1) is 15.5. The van der Waals surface area contributed by atoms with Gasteiger partial charge in [0.2, 0.25) is 5.91 Å². The van der Waals surface area contributed by atoms with Crippen LogP contribution in [0, 0.1) is 17.3 Å². The zero-order valence-corrected chi connectivity index (χ0v) is 12.3. The lowest BCUT2D eigenvalue weighted by Crippen LogP contribution is -2.45. The predicted molar refractivity (Wildman–Crippen MR) is 70.3 cm³/mol. The number of nitrogens with one attached hydrogen (secondary N) is 1. The predicted octanol–water partition coefficient (Wildman–Crippen LogP) is 3.61. The Hall–Kier alpha value is -0.530. The quantitative estimate of drug-likeness (QED) is 0.784. The third-order valence-electron chi connectivity index (χ3n) is 2.47. The molecule has 0 aliphatic heterocycles. The lowest BCUT2D eigenvalue weighted by Gasteiger charge is -2.31. The van der Waals surface area contributed by atoms with Crippen LogP contribution in [0.5, 0.6) is 0 Å². The van der Waals surface area contributed by atoms with E-state index in [9.17, 15) is 4.79 Å². The van der Waals surface area contributed by atoms with Crippen LogP contribution in [-0.4, -0.2) is 11.4 Å². The van der Waals surface area contributed by atoms with Gasteiger partial charge in [-0.1, -0.05) is 34.6 Å². The number of hydrogen-bond donors (Lipinski definition) is 1. The summed E-state index contributed by atoms with van der Waals surface area (Å²) < 4.78 is 0. The molecule has 16 heavy (non-hydrogen) atoms. The van der Waals surface area contributed by atoms with Crippen LogP contribution in [0.15, 0.2) is 0 Å². The molecule has 0 rings (SSSR count). The minimum Gasteiger partial charge on any atom is -0.351 e. The van der Waals surface area contributed by atoms with Crippen LogP contribution < -0.4 is 5.32 Å². The number of carbonyl (C=O) groups is 1. The van der Waals surface area contributed by atoms with E-state index >= 15 is 0 Å². The van der Waals surface area contributed by atoms with Gasteiger partial charge in [0, 0.05) is 11.5 Å². The Labute approximate surface area is 101 Å². The minimum absolute atomic E-state index is 0.110. The average molecular weight is 227 g/mol. The highest BCUT2D eigenvalue weighted by Gasteiger charge is 2.29. The van der Waals surface area contributed by atoms with Gasteiger partial charge in [-0.3, -0.25) is 4.79 Å². The van der Waals surface area contributed by atoms with Gasteiger partial charge < -0.3 is 5.32 Å². The van der Waals surface area contributed by atoms with E-state index in [-0.39, 0.29) is 22.8 Å². The second-order valence-corrected chi connectivity index (χ2v) is 7.35. The first-order chi connectivity index (χ1) is 6.92. The molecule has 1 atom stereocenters. The number of carbonyl (C=O) groups excluding carboxylic acids is 1. The molecule has 0 bridgehead atoms. The molecular weight excluding hydrogens is 198 g/mol. The fourth-order valence-corrected chi connectivity index (χ4v) is 1.75. The Morgan fingerprint density at radius 2 is 1.50 bits per heavy atom. The summed E-state index contributed by atoms with van der Waals surface area (Å²) in [5.74, 6) is 0.693. The van der Waals surface area contributed by atoms with Gasteiger partial charge in [-0.2, -0.15) is 0 Å². The van der Waals surface area contributed by atoms with Crippen LogP contribution in [0.25, 0.3) is 0 Å². The first-order valence-electron chi connectivity index (χ1n) is 6.24. The van der Waals surface area contributed by atoms with Crippen molar-refractivity contribution >= 4 is 5.91 Å². The monoisotopic (exact) mass is 227 g/mol. The van der Waals surface area contributed by atoms with Gasteiger partial charge >= 0.3 is 0 Å². The smallest absolute Gasteiger partial charge is 0.223 e. The molecule has 0 saturated heterocycles. The molecule has 1 N–H and O–H groups in total. The summed E-state index contributed by atoms with van der Waals surface area (Å²) in [7, 11) is 0. The molecule has 2 nitrogen and oxygen atoms in total. The van der Waals surface area contributed by atoms with Gasteiger partial charge in [0.15, 0.2) is 0 Å². The fraction of sp³-hybridized carbons (Fsp3) is 0.929. The second-order valence-electron chi connectivity index (χ2n) is 7.35. The molecular formula is C14H29NO. The van der Waals surface area contributed by atoms with Crippen LogP contribution >= 0.6 is 0 Å². The SMILES string of the molecule is CC(C)C(CC(C)(C)C)C(=O)NC(C)(C)C. The molecule has 0 aliphatic rings. The van der Waals surface area contributed by atoms with E-state index < -0.39 is 0 Å². The summed E-state index contributed by atoms with van der Waals surface area (Å²) in [5.41, 5.74) is 0.0618. The molecule has 0 aromatic heterocycles. The molecule has 1 unspecified atom stereocenters. The van der Waals surface area contributed by atoms with Crippen LogP contribution in [-0.2, 0) is 4.79 Å². The van der Waals surface area contributed by atoms with Crippen molar-refractivity contribution in [3.05, 3.63) is 0 Å². The summed E-state index contributed by atoms with van der Waals surface area (Å²) in [6.45, 7) is 16.9. The van der Waals surface area contributed by atoms with Gasteiger partial charge in [0.1, 0.15) is 0 Å². The van der Waals surface area contributed by atoms with E-state index in [4.69, 9.17) is 0 Å². The highest BCUT2D eigenvalue weighted by molar-refractivity contribution is 5.79. The van der Waals surface area contributed by atoms with Crippen molar-refractivity contribution in [3.8, 4) is 0 Å². The first-order valence-corrected chi connectivity index (χ1v) is 6.24. The minimum atomic E-state index is -0.137. The van der Waals surface area contributed by atoms with E-state index in [0.29, 0.717) is 5.92 Å². The summed E-state index contributed by atoms with van der Waals surface area (Å²) in [6, 6.07) is 0. The Morgan fingerprint density at radius 1 is 1.06 bits per heavy atom. The number of rotatable bonds is 3. The summed E-state index contributed by atoms with van der Waals surface area (Å²) >= 11 is 0. The molecule has 0 heterocycles. The van der Waals surface area contributed by atoms with Crippen molar-refractivity contribution in [1.82, 2.24) is 5.32 Å². The van der Waals surface area contributed by atoms with Gasteiger partial charge in [-0.15, -0.1) is 0 Å². The zero-order valence-electron chi connectivity index (χ0n) is 12.3. The Kier molecular flexibility index (Phi) is 5.03. The zero-order chi connectivity index (χ0) is 13.1. The van der Waals surface area contributed by atoms with Crippen molar-refractivity contribution in [3.63, 3.8) is 0 Å². The maximum Gasteiger partial charge on any atom is 0.223 e. The molecule has 2 heteroatoms. The van der Waals surface area contributed by atoms with Crippen LogP contribution in [0.1, 0.15) is 61.8 Å². The van der Waals surface area contributed by atoms with Gasteiger partial charge in [-0.05, 0) is 38.5 Å². The van der Waals surface area contributed by atoms with E-state index in [1.807, 2.05) is 20.8 Å². The Bertz CT molecular complexity index is 230. The van der Waals surface area contributed by atoms with Crippen molar-refractivity contribution in [2.75, 3.05) is 0 Å². The average Bonchev–Trinajstić information content (AvgIpc) is 1.94. The second kappa shape index (κ2) is 5.20. The standard InChI is InChI=1S/C14H29NO/c1-10(2)11(9-13(3,4)5)12(16)15-14(6,7)8/h10-11H,9H2,1-8H3,(H,15,16). The number of amides is 1. The van der Waals surface area contributed by atoms with E-state index in [1.54, 1.807) is 0 Å². The summed E-state index contributed by atoms with van der Waals surface area (Å²) in [4.78, 5) is 12.2. The Balaban J connectivity index is 4.62. The largest absolute Gasteiger partial charge is 0.351 e. The molecule has 96 valence electrons. The van der Waals surface area contributed by atoms with Crippen molar-refractivity contribution in [2.24, 2.45) is 17.3 Å². The maximum atomic E-state index is 12.2. The summed E-state index contributed by atoms with van der Waals surface area (Å²) in [6.07, 6.45) is 0.937.